The maximum atomic E-state index is 12.5. The van der Waals surface area contributed by atoms with Gasteiger partial charge < -0.3 is 14.4 Å². The predicted molar refractivity (Wildman–Crippen MR) is 87.2 cm³/mol. The molecule has 9 heteroatoms. The number of carbonyl (C=O) groups excluding carboxylic acids is 1. The zero-order valence-corrected chi connectivity index (χ0v) is 14.2. The van der Waals surface area contributed by atoms with Gasteiger partial charge in [-0.05, 0) is 37.4 Å². The molecule has 130 valence electrons. The molecule has 9 nitrogen and oxygen atoms in total. The van der Waals surface area contributed by atoms with Crippen LogP contribution in [0.25, 0.3) is 0 Å². The maximum Gasteiger partial charge on any atom is 0.244 e. The summed E-state index contributed by atoms with van der Waals surface area (Å²) < 4.78 is 3.67. The van der Waals surface area contributed by atoms with Crippen molar-refractivity contribution in [2.24, 2.45) is 0 Å². The Hall–Kier alpha value is -2.29. The summed E-state index contributed by atoms with van der Waals surface area (Å²) >= 11 is 0. The number of piperidine rings is 1. The lowest BCUT2D eigenvalue weighted by atomic mass is 9.97. The van der Waals surface area contributed by atoms with Crippen molar-refractivity contribution in [3.63, 3.8) is 0 Å². The summed E-state index contributed by atoms with van der Waals surface area (Å²) in [5.41, 5.74) is 0. The number of likely N-dealkylation sites (N-methyl/N-ethyl adjacent to an activating group) is 1. The fraction of sp³-hybridized carbons (Fsp3) is 0.667. The number of likely N-dealkylation sites (tertiary alicyclic amines) is 1. The molecule has 1 aliphatic rings. The predicted octanol–water partition coefficient (Wildman–Crippen LogP) is -0.163. The summed E-state index contributed by atoms with van der Waals surface area (Å²) in [5, 5.41) is 10.9. The van der Waals surface area contributed by atoms with E-state index < -0.39 is 0 Å². The van der Waals surface area contributed by atoms with Gasteiger partial charge in [0.25, 0.3) is 0 Å². The van der Waals surface area contributed by atoms with E-state index in [4.69, 9.17) is 0 Å². The van der Waals surface area contributed by atoms with Crippen molar-refractivity contribution >= 4 is 5.91 Å². The van der Waals surface area contributed by atoms with Crippen LogP contribution in [0.2, 0.25) is 0 Å². The van der Waals surface area contributed by atoms with Gasteiger partial charge in [-0.25, -0.2) is 9.67 Å². The summed E-state index contributed by atoms with van der Waals surface area (Å²) in [5.74, 6) is 1.42. The van der Waals surface area contributed by atoms with Crippen molar-refractivity contribution in [3.8, 4) is 0 Å². The molecule has 2 aromatic rings. The third-order valence-corrected chi connectivity index (χ3v) is 4.36. The Labute approximate surface area is 141 Å². The Morgan fingerprint density at radius 2 is 2.29 bits per heavy atom. The molecule has 1 saturated heterocycles. The largest absolute Gasteiger partial charge is 0.340 e. The minimum Gasteiger partial charge on any atom is -0.340 e. The molecule has 0 bridgehead atoms. The van der Waals surface area contributed by atoms with Gasteiger partial charge in [-0.1, -0.05) is 0 Å². The van der Waals surface area contributed by atoms with Gasteiger partial charge in [0, 0.05) is 44.5 Å². The van der Waals surface area contributed by atoms with Crippen LogP contribution >= 0.6 is 0 Å². The van der Waals surface area contributed by atoms with Crippen LogP contribution < -0.4 is 0 Å². The second-order valence-electron chi connectivity index (χ2n) is 6.47. The Morgan fingerprint density at radius 1 is 1.42 bits per heavy atom. The van der Waals surface area contributed by atoms with Crippen LogP contribution in [-0.4, -0.2) is 79.2 Å². The highest BCUT2D eigenvalue weighted by atomic mass is 16.2. The van der Waals surface area contributed by atoms with Crippen LogP contribution in [0.1, 0.15) is 24.6 Å². The number of hydrogen-bond acceptors (Lipinski definition) is 6. The molecule has 1 fully saturated rings. The van der Waals surface area contributed by atoms with E-state index in [0.29, 0.717) is 6.54 Å². The van der Waals surface area contributed by atoms with Gasteiger partial charge in [0.1, 0.15) is 18.7 Å². The van der Waals surface area contributed by atoms with Crippen LogP contribution in [0.15, 0.2) is 18.7 Å². The van der Waals surface area contributed by atoms with Crippen molar-refractivity contribution in [2.45, 2.75) is 31.8 Å². The Balaban J connectivity index is 1.63. The average Bonchev–Trinajstić information content (AvgIpc) is 3.24. The van der Waals surface area contributed by atoms with Crippen LogP contribution in [0.5, 0.6) is 0 Å². The second kappa shape index (κ2) is 7.52. The lowest BCUT2D eigenvalue weighted by molar-refractivity contribution is -0.133. The third kappa shape index (κ3) is 3.97. The van der Waals surface area contributed by atoms with E-state index in [1.165, 1.54) is 11.0 Å². The molecule has 2 aromatic heterocycles. The minimum absolute atomic E-state index is 0.0541. The van der Waals surface area contributed by atoms with Crippen LogP contribution in [0.3, 0.4) is 0 Å². The second-order valence-corrected chi connectivity index (χ2v) is 6.47. The van der Waals surface area contributed by atoms with Crippen molar-refractivity contribution in [1.29, 1.82) is 0 Å². The molecule has 1 aliphatic heterocycles. The first-order valence-electron chi connectivity index (χ1n) is 8.28. The summed E-state index contributed by atoms with van der Waals surface area (Å²) in [6.07, 6.45) is 7.40. The monoisotopic (exact) mass is 332 g/mol. The molecule has 0 saturated carbocycles. The summed E-state index contributed by atoms with van der Waals surface area (Å²) in [7, 11) is 4.13. The molecule has 3 heterocycles. The number of amides is 1. The topological polar surface area (TPSA) is 85.0 Å². The number of nitrogens with zero attached hydrogens (tertiary/aromatic N) is 8. The molecule has 24 heavy (non-hydrogen) atoms. The van der Waals surface area contributed by atoms with Gasteiger partial charge in [0.15, 0.2) is 0 Å². The number of tetrazole rings is 1. The van der Waals surface area contributed by atoms with Gasteiger partial charge in [0.05, 0.1) is 0 Å². The van der Waals surface area contributed by atoms with E-state index in [1.807, 2.05) is 17.3 Å². The number of carbonyl (C=O) groups is 1. The SMILES string of the molecule is CN(C)CCn1ccnc1[C@H]1CCCN(C(=O)Cn2cnnn2)C1. The standard InChI is InChI=1S/C15H24N8O/c1-20(2)8-9-21-7-5-16-15(21)13-4-3-6-22(10-13)14(24)11-23-12-17-18-19-23/h5,7,12-13H,3-4,6,8-11H2,1-2H3/t13-/m0/s1. The molecule has 1 atom stereocenters. The quantitative estimate of drug-likeness (QED) is 0.731. The lowest BCUT2D eigenvalue weighted by Gasteiger charge is -2.32. The Bertz CT molecular complexity index is 650. The summed E-state index contributed by atoms with van der Waals surface area (Å²) in [6, 6.07) is 0. The van der Waals surface area contributed by atoms with Crippen LogP contribution in [0, 0.1) is 0 Å². The number of rotatable bonds is 6. The van der Waals surface area contributed by atoms with Crippen LogP contribution in [0.4, 0.5) is 0 Å². The molecule has 3 rings (SSSR count). The molecule has 0 spiro atoms. The van der Waals surface area contributed by atoms with Gasteiger partial charge in [-0.3, -0.25) is 4.79 Å². The highest BCUT2D eigenvalue weighted by molar-refractivity contribution is 5.76. The van der Waals surface area contributed by atoms with Crippen LogP contribution in [-0.2, 0) is 17.9 Å². The van der Waals surface area contributed by atoms with Crippen molar-refractivity contribution < 1.29 is 4.79 Å². The van der Waals surface area contributed by atoms with E-state index >= 15 is 0 Å². The molecular formula is C15H24N8O. The van der Waals surface area contributed by atoms with E-state index in [9.17, 15) is 4.79 Å². The number of hydrogen-bond donors (Lipinski definition) is 0. The highest BCUT2D eigenvalue weighted by Crippen LogP contribution is 2.26. The fourth-order valence-corrected chi connectivity index (χ4v) is 3.08. The first-order valence-corrected chi connectivity index (χ1v) is 8.28. The van der Waals surface area contributed by atoms with Gasteiger partial charge in [0.2, 0.25) is 5.91 Å². The summed E-state index contributed by atoms with van der Waals surface area (Å²) in [4.78, 5) is 21.1. The zero-order chi connectivity index (χ0) is 16.9. The first-order chi connectivity index (χ1) is 11.6. The molecule has 0 aromatic carbocycles. The first kappa shape index (κ1) is 16.6. The van der Waals surface area contributed by atoms with E-state index in [2.05, 4.69) is 44.1 Å². The van der Waals surface area contributed by atoms with Crippen molar-refractivity contribution in [2.75, 3.05) is 33.7 Å². The molecule has 0 N–H and O–H groups in total. The third-order valence-electron chi connectivity index (χ3n) is 4.36. The van der Waals surface area contributed by atoms with E-state index in [-0.39, 0.29) is 18.4 Å². The Kier molecular flexibility index (Phi) is 5.19. The highest BCUT2D eigenvalue weighted by Gasteiger charge is 2.27. The van der Waals surface area contributed by atoms with E-state index in [1.54, 1.807) is 0 Å². The minimum atomic E-state index is 0.0541. The average molecular weight is 332 g/mol. The molecule has 0 aliphatic carbocycles. The number of imidazole rings is 1. The van der Waals surface area contributed by atoms with Gasteiger partial charge in [-0.15, -0.1) is 5.10 Å². The summed E-state index contributed by atoms with van der Waals surface area (Å²) in [6.45, 7) is 3.57. The number of aromatic nitrogens is 6. The maximum absolute atomic E-state index is 12.5. The van der Waals surface area contributed by atoms with Gasteiger partial charge in [-0.2, -0.15) is 0 Å². The lowest BCUT2D eigenvalue weighted by Crippen LogP contribution is -2.41. The van der Waals surface area contributed by atoms with Crippen molar-refractivity contribution in [3.05, 3.63) is 24.5 Å². The molecule has 0 unspecified atom stereocenters. The zero-order valence-electron chi connectivity index (χ0n) is 14.2. The molecule has 1 amide bonds. The van der Waals surface area contributed by atoms with Gasteiger partial charge >= 0.3 is 0 Å². The smallest absolute Gasteiger partial charge is 0.244 e. The van der Waals surface area contributed by atoms with Crippen molar-refractivity contribution in [1.82, 2.24) is 39.6 Å². The Morgan fingerprint density at radius 3 is 3.04 bits per heavy atom. The normalized spacial score (nSPS) is 18.3. The molecule has 0 radical (unpaired) electrons. The fourth-order valence-electron chi connectivity index (χ4n) is 3.08. The van der Waals surface area contributed by atoms with E-state index in [0.717, 1.165) is 38.3 Å². The molecular weight excluding hydrogens is 308 g/mol.